The van der Waals surface area contributed by atoms with E-state index in [4.69, 9.17) is 0 Å². The van der Waals surface area contributed by atoms with Gasteiger partial charge in [0.15, 0.2) is 0 Å². The van der Waals surface area contributed by atoms with Crippen molar-refractivity contribution in [3.8, 4) is 0 Å². The van der Waals surface area contributed by atoms with E-state index in [0.717, 1.165) is 26.2 Å². The van der Waals surface area contributed by atoms with Crippen LogP contribution in [0.15, 0.2) is 182 Å². The van der Waals surface area contributed by atoms with E-state index < -0.39 is 0 Å². The summed E-state index contributed by atoms with van der Waals surface area (Å²) in [6.07, 6.45) is 4.59. The number of hydrogen-bond donors (Lipinski definition) is 0. The quantitative estimate of drug-likeness (QED) is 0.118. The van der Waals surface area contributed by atoms with Crippen molar-refractivity contribution < 1.29 is 0 Å². The molecule has 0 atom stereocenters. The normalized spacial score (nSPS) is 11.2. The molecule has 238 valence electrons. The molecule has 0 aliphatic rings. The van der Waals surface area contributed by atoms with Crippen molar-refractivity contribution >= 4 is 22.5 Å². The Balaban J connectivity index is 1.43. The van der Waals surface area contributed by atoms with Crippen LogP contribution in [0.4, 0.5) is 11.4 Å². The van der Waals surface area contributed by atoms with Crippen LogP contribution in [0.5, 0.6) is 0 Å². The summed E-state index contributed by atoms with van der Waals surface area (Å²) in [6.45, 7) is 8.05. The fourth-order valence-corrected chi connectivity index (χ4v) is 6.28. The average Bonchev–Trinajstić information content (AvgIpc) is 3.15. The molecule has 0 bridgehead atoms. The third kappa shape index (κ3) is 8.21. The molecule has 0 aliphatic carbocycles. The molecule has 6 rings (SSSR count). The number of anilines is 2. The Kier molecular flexibility index (Phi) is 11.0. The highest BCUT2D eigenvalue weighted by Gasteiger charge is 2.13. The van der Waals surface area contributed by atoms with Crippen molar-refractivity contribution in [3.05, 3.63) is 215 Å². The van der Waals surface area contributed by atoms with Crippen LogP contribution in [0.3, 0.4) is 0 Å². The van der Waals surface area contributed by atoms with E-state index in [1.54, 1.807) is 0 Å². The van der Waals surface area contributed by atoms with Gasteiger partial charge in [-0.25, -0.2) is 0 Å². The maximum atomic E-state index is 2.46. The van der Waals surface area contributed by atoms with Crippen LogP contribution < -0.4 is 9.80 Å². The third-order valence-corrected chi connectivity index (χ3v) is 8.85. The Morgan fingerprint density at radius 2 is 0.812 bits per heavy atom. The first-order valence-electron chi connectivity index (χ1n) is 17.0. The molecule has 0 radical (unpaired) electrons. The lowest BCUT2D eigenvalue weighted by molar-refractivity contribution is 0.800. The van der Waals surface area contributed by atoms with Gasteiger partial charge in [-0.3, -0.25) is 0 Å². The minimum absolute atomic E-state index is 0.837. The van der Waals surface area contributed by atoms with Gasteiger partial charge in [-0.1, -0.05) is 158 Å². The van der Waals surface area contributed by atoms with Crippen molar-refractivity contribution in [1.82, 2.24) is 0 Å². The summed E-state index contributed by atoms with van der Waals surface area (Å²) >= 11 is 0. The van der Waals surface area contributed by atoms with Crippen LogP contribution in [0.1, 0.15) is 47.2 Å². The number of hydrogen-bond acceptors (Lipinski definition) is 2. The minimum atomic E-state index is 0.837. The van der Waals surface area contributed by atoms with E-state index in [1.807, 2.05) is 0 Å². The van der Waals surface area contributed by atoms with Gasteiger partial charge in [-0.15, -0.1) is 0 Å². The van der Waals surface area contributed by atoms with Crippen LogP contribution >= 0.6 is 0 Å². The van der Waals surface area contributed by atoms with Crippen molar-refractivity contribution in [2.75, 3.05) is 22.9 Å². The number of rotatable bonds is 13. The van der Waals surface area contributed by atoms with Gasteiger partial charge in [-0.2, -0.15) is 0 Å². The van der Waals surface area contributed by atoms with E-state index in [0.29, 0.717) is 0 Å². The Hall–Kier alpha value is -5.60. The first-order chi connectivity index (χ1) is 23.7. The lowest BCUT2D eigenvalue weighted by Crippen LogP contribution is -2.22. The molecule has 2 heteroatoms. The largest absolute Gasteiger partial charge is 0.372 e. The lowest BCUT2D eigenvalue weighted by Gasteiger charge is -2.26. The Morgan fingerprint density at radius 3 is 1.29 bits per heavy atom. The maximum absolute atomic E-state index is 2.46. The SMILES string of the molecule is CCN(CC)c1cccc(C(=CC=C(c2ccccc2)c2ccccc2)c2ccc(N(Cc3ccccc3)Cc3ccccc3)cc2)c1. The van der Waals surface area contributed by atoms with Gasteiger partial charge >= 0.3 is 0 Å². The summed E-state index contributed by atoms with van der Waals surface area (Å²) in [6, 6.07) is 60.9. The molecule has 6 aromatic carbocycles. The molecular formula is C46H44N2. The Labute approximate surface area is 287 Å². The van der Waals surface area contributed by atoms with Gasteiger partial charge in [0, 0.05) is 37.6 Å². The summed E-state index contributed by atoms with van der Waals surface area (Å²) in [7, 11) is 0. The van der Waals surface area contributed by atoms with Gasteiger partial charge in [0.1, 0.15) is 0 Å². The first-order valence-corrected chi connectivity index (χ1v) is 17.0. The molecule has 0 saturated heterocycles. The summed E-state index contributed by atoms with van der Waals surface area (Å²) < 4.78 is 0. The third-order valence-electron chi connectivity index (χ3n) is 8.85. The van der Waals surface area contributed by atoms with Crippen LogP contribution in [0, 0.1) is 0 Å². The molecule has 0 aliphatic heterocycles. The summed E-state index contributed by atoms with van der Waals surface area (Å²) in [5, 5.41) is 0. The molecule has 0 spiro atoms. The van der Waals surface area contributed by atoms with Crippen molar-refractivity contribution in [2.45, 2.75) is 26.9 Å². The second-order valence-corrected chi connectivity index (χ2v) is 12.0. The van der Waals surface area contributed by atoms with Crippen LogP contribution in [0.25, 0.3) is 11.1 Å². The Morgan fingerprint density at radius 1 is 0.396 bits per heavy atom. The molecule has 0 aromatic heterocycles. The van der Waals surface area contributed by atoms with Gasteiger partial charge in [-0.05, 0) is 82.6 Å². The predicted molar refractivity (Wildman–Crippen MR) is 206 cm³/mol. The van der Waals surface area contributed by atoms with E-state index in [2.05, 4.69) is 206 Å². The molecule has 0 amide bonds. The standard InChI is InChI=1S/C46H44N2/c1-3-47(4-2)44-27-17-26-42(34-44)46(33-32-45(39-22-13-7-14-23-39)40-24-15-8-16-25-40)41-28-30-43(31-29-41)48(35-37-18-9-5-10-19-37)36-38-20-11-6-12-21-38/h5-34H,3-4,35-36H2,1-2H3. The zero-order chi connectivity index (χ0) is 33.0. The highest BCUT2D eigenvalue weighted by atomic mass is 15.1. The summed E-state index contributed by atoms with van der Waals surface area (Å²) in [5.41, 5.74) is 12.2. The molecule has 0 saturated carbocycles. The number of benzene rings is 6. The fraction of sp³-hybridized carbons (Fsp3) is 0.130. The average molecular weight is 625 g/mol. The van der Waals surface area contributed by atoms with Crippen molar-refractivity contribution in [1.29, 1.82) is 0 Å². The number of allylic oxidation sites excluding steroid dienone is 2. The molecule has 6 aromatic rings. The monoisotopic (exact) mass is 624 g/mol. The van der Waals surface area contributed by atoms with E-state index in [-0.39, 0.29) is 0 Å². The smallest absolute Gasteiger partial charge is 0.0433 e. The zero-order valence-electron chi connectivity index (χ0n) is 28.0. The zero-order valence-corrected chi connectivity index (χ0v) is 28.0. The Bertz CT molecular complexity index is 1820. The molecular weight excluding hydrogens is 581 g/mol. The van der Waals surface area contributed by atoms with Crippen LogP contribution in [-0.4, -0.2) is 13.1 Å². The van der Waals surface area contributed by atoms with E-state index >= 15 is 0 Å². The second-order valence-electron chi connectivity index (χ2n) is 12.0. The fourth-order valence-electron chi connectivity index (χ4n) is 6.28. The topological polar surface area (TPSA) is 6.48 Å². The minimum Gasteiger partial charge on any atom is -0.372 e. The van der Waals surface area contributed by atoms with Crippen LogP contribution in [0.2, 0.25) is 0 Å². The second kappa shape index (κ2) is 16.3. The molecule has 48 heavy (non-hydrogen) atoms. The lowest BCUT2D eigenvalue weighted by atomic mass is 9.93. The predicted octanol–water partition coefficient (Wildman–Crippen LogP) is 11.3. The molecule has 0 heterocycles. The van der Waals surface area contributed by atoms with Gasteiger partial charge in [0.25, 0.3) is 0 Å². The van der Waals surface area contributed by atoms with Gasteiger partial charge in [0.05, 0.1) is 0 Å². The highest BCUT2D eigenvalue weighted by molar-refractivity contribution is 5.87. The summed E-state index contributed by atoms with van der Waals surface area (Å²) in [5.74, 6) is 0. The first kappa shape index (κ1) is 32.3. The van der Waals surface area contributed by atoms with E-state index in [1.165, 1.54) is 55.9 Å². The van der Waals surface area contributed by atoms with E-state index in [9.17, 15) is 0 Å². The van der Waals surface area contributed by atoms with Gasteiger partial charge < -0.3 is 9.80 Å². The van der Waals surface area contributed by atoms with Crippen LogP contribution in [-0.2, 0) is 13.1 Å². The molecule has 0 unspecified atom stereocenters. The van der Waals surface area contributed by atoms with Gasteiger partial charge in [0.2, 0.25) is 0 Å². The van der Waals surface area contributed by atoms with Crippen molar-refractivity contribution in [2.24, 2.45) is 0 Å². The summed E-state index contributed by atoms with van der Waals surface area (Å²) in [4.78, 5) is 4.87. The maximum Gasteiger partial charge on any atom is 0.0433 e. The number of nitrogens with zero attached hydrogens (tertiary/aromatic N) is 2. The molecule has 0 N–H and O–H groups in total. The van der Waals surface area contributed by atoms with Crippen molar-refractivity contribution in [3.63, 3.8) is 0 Å². The highest BCUT2D eigenvalue weighted by Crippen LogP contribution is 2.31. The molecule has 0 fully saturated rings. The molecule has 2 nitrogen and oxygen atoms in total.